The van der Waals surface area contributed by atoms with Crippen molar-refractivity contribution in [3.8, 4) is 0 Å². The van der Waals surface area contributed by atoms with Gasteiger partial charge >= 0.3 is 0 Å². The minimum Gasteiger partial charge on any atom is -0.324 e. The number of hydrogen-bond acceptors (Lipinski definition) is 4. The Balaban J connectivity index is 1.67. The first-order chi connectivity index (χ1) is 14.2. The van der Waals surface area contributed by atoms with Gasteiger partial charge in [0.15, 0.2) is 0 Å². The predicted octanol–water partition coefficient (Wildman–Crippen LogP) is 3.63. The molecule has 0 fully saturated rings. The number of hydrogen-bond donors (Lipinski definition) is 2. The van der Waals surface area contributed by atoms with Gasteiger partial charge in [-0.15, -0.1) is 0 Å². The number of nitrogens with zero attached hydrogens (tertiary/aromatic N) is 2. The second-order valence-electron chi connectivity index (χ2n) is 7.23. The van der Waals surface area contributed by atoms with Crippen molar-refractivity contribution < 1.29 is 14.4 Å². The first-order valence-electron chi connectivity index (χ1n) is 9.39. The van der Waals surface area contributed by atoms with Crippen molar-refractivity contribution in [3.05, 3.63) is 52.5 Å². The summed E-state index contributed by atoms with van der Waals surface area (Å²) < 4.78 is 0. The predicted molar refractivity (Wildman–Crippen MR) is 119 cm³/mol. The minimum atomic E-state index is -0.323. The highest BCUT2D eigenvalue weighted by molar-refractivity contribution is 6.35. The van der Waals surface area contributed by atoms with Crippen molar-refractivity contribution in [1.29, 1.82) is 0 Å². The standard InChI is InChI=1S/C21H22Cl2N4O3/c1-13-9-19(28)24-16-5-3-4-6-18(16)27(13)21(30)12-26(2)11-20(29)25-17-10-14(22)7-8-15(17)23/h3-8,10,13H,9,11-12H2,1-2H3,(H,24,28)(H,25,29)/t13-/m0/s1. The Morgan fingerprint density at radius 2 is 1.93 bits per heavy atom. The molecular formula is C21H22Cl2N4O3. The van der Waals surface area contributed by atoms with Crippen LogP contribution in [0.5, 0.6) is 0 Å². The van der Waals surface area contributed by atoms with E-state index in [1.165, 1.54) is 0 Å². The molecule has 0 bridgehead atoms. The third kappa shape index (κ3) is 5.30. The molecule has 0 spiro atoms. The maximum atomic E-state index is 13.1. The van der Waals surface area contributed by atoms with Gasteiger partial charge in [0.05, 0.1) is 35.2 Å². The zero-order valence-corrected chi connectivity index (χ0v) is 18.1. The molecule has 2 N–H and O–H groups in total. The lowest BCUT2D eigenvalue weighted by Gasteiger charge is -2.29. The Hall–Kier alpha value is -2.61. The lowest BCUT2D eigenvalue weighted by Crippen LogP contribution is -2.45. The van der Waals surface area contributed by atoms with Crippen LogP contribution in [0.15, 0.2) is 42.5 Å². The third-order valence-electron chi connectivity index (χ3n) is 4.65. The molecule has 2 aromatic rings. The van der Waals surface area contributed by atoms with E-state index in [4.69, 9.17) is 23.2 Å². The third-order valence-corrected chi connectivity index (χ3v) is 5.21. The van der Waals surface area contributed by atoms with Crippen molar-refractivity contribution in [2.75, 3.05) is 35.7 Å². The number of para-hydroxylation sites is 2. The van der Waals surface area contributed by atoms with Crippen molar-refractivity contribution in [2.45, 2.75) is 19.4 Å². The van der Waals surface area contributed by atoms with Crippen LogP contribution in [0, 0.1) is 0 Å². The second-order valence-corrected chi connectivity index (χ2v) is 8.07. The van der Waals surface area contributed by atoms with Gasteiger partial charge in [-0.05, 0) is 44.3 Å². The Bertz CT molecular complexity index is 982. The molecule has 158 valence electrons. The van der Waals surface area contributed by atoms with Crippen LogP contribution < -0.4 is 15.5 Å². The summed E-state index contributed by atoms with van der Waals surface area (Å²) in [5, 5.41) is 6.35. The molecule has 30 heavy (non-hydrogen) atoms. The van der Waals surface area contributed by atoms with Crippen LogP contribution in [0.1, 0.15) is 13.3 Å². The fourth-order valence-electron chi connectivity index (χ4n) is 3.36. The summed E-state index contributed by atoms with van der Waals surface area (Å²) in [7, 11) is 1.68. The number of amides is 3. The van der Waals surface area contributed by atoms with Gasteiger partial charge in [0.2, 0.25) is 17.7 Å². The molecule has 0 unspecified atom stereocenters. The van der Waals surface area contributed by atoms with E-state index in [0.717, 1.165) is 0 Å². The molecule has 0 saturated heterocycles. The number of anilines is 3. The lowest BCUT2D eigenvalue weighted by atomic mass is 10.1. The van der Waals surface area contributed by atoms with Crippen LogP contribution in [-0.2, 0) is 14.4 Å². The number of likely N-dealkylation sites (N-methyl/N-ethyl adjacent to an activating group) is 1. The quantitative estimate of drug-likeness (QED) is 0.731. The number of carbonyl (C=O) groups is 3. The zero-order chi connectivity index (χ0) is 21.8. The lowest BCUT2D eigenvalue weighted by molar-refractivity contribution is -0.121. The van der Waals surface area contributed by atoms with Gasteiger partial charge in [-0.2, -0.15) is 0 Å². The Labute approximate surface area is 184 Å². The number of fused-ring (bicyclic) bond motifs is 1. The number of nitrogens with one attached hydrogen (secondary N) is 2. The monoisotopic (exact) mass is 448 g/mol. The van der Waals surface area contributed by atoms with Crippen LogP contribution in [-0.4, -0.2) is 48.8 Å². The maximum Gasteiger partial charge on any atom is 0.241 e. The van der Waals surface area contributed by atoms with E-state index in [0.29, 0.717) is 27.1 Å². The van der Waals surface area contributed by atoms with E-state index >= 15 is 0 Å². The maximum absolute atomic E-state index is 13.1. The van der Waals surface area contributed by atoms with Crippen LogP contribution in [0.2, 0.25) is 10.0 Å². The number of benzene rings is 2. The summed E-state index contributed by atoms with van der Waals surface area (Å²) >= 11 is 12.0. The molecular weight excluding hydrogens is 427 g/mol. The average Bonchev–Trinajstić information content (AvgIpc) is 2.78. The SMILES string of the molecule is C[C@H]1CC(=O)Nc2ccccc2N1C(=O)CN(C)CC(=O)Nc1cc(Cl)ccc1Cl. The van der Waals surface area contributed by atoms with E-state index in [1.54, 1.807) is 53.2 Å². The van der Waals surface area contributed by atoms with Crippen molar-refractivity contribution in [3.63, 3.8) is 0 Å². The van der Waals surface area contributed by atoms with E-state index in [2.05, 4.69) is 10.6 Å². The van der Waals surface area contributed by atoms with Gasteiger partial charge in [-0.3, -0.25) is 19.3 Å². The van der Waals surface area contributed by atoms with Gasteiger partial charge in [-0.25, -0.2) is 0 Å². The van der Waals surface area contributed by atoms with Gasteiger partial charge < -0.3 is 15.5 Å². The second kappa shape index (κ2) is 9.47. The highest BCUT2D eigenvalue weighted by Gasteiger charge is 2.30. The number of rotatable bonds is 5. The summed E-state index contributed by atoms with van der Waals surface area (Å²) in [6.45, 7) is 1.81. The number of carbonyl (C=O) groups excluding carboxylic acids is 3. The average molecular weight is 449 g/mol. The molecule has 0 aromatic heterocycles. The first kappa shape index (κ1) is 22.1. The summed E-state index contributed by atoms with van der Waals surface area (Å²) in [5.74, 6) is -0.672. The van der Waals surface area contributed by atoms with Crippen LogP contribution in [0.3, 0.4) is 0 Å². The van der Waals surface area contributed by atoms with E-state index in [9.17, 15) is 14.4 Å². The van der Waals surface area contributed by atoms with Crippen molar-refractivity contribution in [1.82, 2.24) is 4.90 Å². The molecule has 7 nitrogen and oxygen atoms in total. The van der Waals surface area contributed by atoms with Crippen molar-refractivity contribution in [2.24, 2.45) is 0 Å². The molecule has 1 atom stereocenters. The summed E-state index contributed by atoms with van der Waals surface area (Å²) in [4.78, 5) is 40.7. The molecule has 3 rings (SSSR count). The summed E-state index contributed by atoms with van der Waals surface area (Å²) in [6.07, 6.45) is 0.192. The molecule has 0 radical (unpaired) electrons. The van der Waals surface area contributed by atoms with Crippen molar-refractivity contribution >= 4 is 58.0 Å². The largest absolute Gasteiger partial charge is 0.324 e. The zero-order valence-electron chi connectivity index (χ0n) is 16.6. The van der Waals surface area contributed by atoms with Crippen LogP contribution in [0.25, 0.3) is 0 Å². The summed E-state index contributed by atoms with van der Waals surface area (Å²) in [6, 6.07) is 11.6. The normalized spacial score (nSPS) is 16.0. The first-order valence-corrected chi connectivity index (χ1v) is 10.1. The fraction of sp³-hybridized carbons (Fsp3) is 0.286. The summed E-state index contributed by atoms with van der Waals surface area (Å²) in [5.41, 5.74) is 1.65. The van der Waals surface area contributed by atoms with E-state index < -0.39 is 0 Å². The van der Waals surface area contributed by atoms with Crippen LogP contribution >= 0.6 is 23.2 Å². The van der Waals surface area contributed by atoms with Gasteiger partial charge in [0.25, 0.3) is 0 Å². The topological polar surface area (TPSA) is 81.8 Å². The molecule has 1 aliphatic rings. The molecule has 0 saturated carbocycles. The molecule has 1 aliphatic heterocycles. The van der Waals surface area contributed by atoms with Gasteiger partial charge in [0, 0.05) is 17.5 Å². The smallest absolute Gasteiger partial charge is 0.241 e. The Morgan fingerprint density at radius 3 is 2.70 bits per heavy atom. The number of halogens is 2. The molecule has 0 aliphatic carbocycles. The minimum absolute atomic E-state index is 0.00353. The highest BCUT2D eigenvalue weighted by atomic mass is 35.5. The van der Waals surface area contributed by atoms with E-state index in [-0.39, 0.29) is 43.3 Å². The van der Waals surface area contributed by atoms with Crippen LogP contribution in [0.4, 0.5) is 17.1 Å². The van der Waals surface area contributed by atoms with E-state index in [1.807, 2.05) is 13.0 Å². The van der Waals surface area contributed by atoms with Gasteiger partial charge in [0.1, 0.15) is 0 Å². The Morgan fingerprint density at radius 1 is 1.20 bits per heavy atom. The molecule has 9 heteroatoms. The molecule has 1 heterocycles. The fourth-order valence-corrected chi connectivity index (χ4v) is 3.70. The Kier molecular flexibility index (Phi) is 6.97. The van der Waals surface area contributed by atoms with Gasteiger partial charge in [-0.1, -0.05) is 35.3 Å². The molecule has 3 amide bonds. The molecule has 2 aromatic carbocycles. The highest BCUT2D eigenvalue weighted by Crippen LogP contribution is 2.31.